The molecule has 0 aliphatic carbocycles. The van der Waals surface area contributed by atoms with Crippen molar-refractivity contribution < 1.29 is 32.3 Å². The highest BCUT2D eigenvalue weighted by atomic mass is 32.2. The van der Waals surface area contributed by atoms with E-state index in [9.17, 15) is 18.6 Å². The predicted molar refractivity (Wildman–Crippen MR) is 96.2 cm³/mol. The largest absolute Gasteiger partial charge is 0.388 e. The number of hydrogen-bond donors (Lipinski definition) is 2. The molecule has 0 spiro atoms. The third kappa shape index (κ3) is 4.92. The summed E-state index contributed by atoms with van der Waals surface area (Å²) in [4.78, 5) is -0.0535. The SMILES string of the molecule is Cc1ccc(S(=O)(=O)O[C@@H]2C(OCc3ccccc3)OCC(O)C2O)cc1. The summed E-state index contributed by atoms with van der Waals surface area (Å²) in [5.74, 6) is 0. The van der Waals surface area contributed by atoms with Crippen LogP contribution in [-0.4, -0.2) is 49.8 Å². The van der Waals surface area contributed by atoms with E-state index in [-0.39, 0.29) is 18.1 Å². The highest BCUT2D eigenvalue weighted by Crippen LogP contribution is 2.25. The van der Waals surface area contributed by atoms with Crippen LogP contribution in [-0.2, 0) is 30.4 Å². The zero-order valence-corrected chi connectivity index (χ0v) is 15.6. The number of ether oxygens (including phenoxy) is 2. The molecule has 1 saturated heterocycles. The van der Waals surface area contributed by atoms with Crippen molar-refractivity contribution in [1.29, 1.82) is 0 Å². The molecule has 3 unspecified atom stereocenters. The molecule has 1 fully saturated rings. The average molecular weight is 394 g/mol. The zero-order valence-electron chi connectivity index (χ0n) is 14.8. The van der Waals surface area contributed by atoms with E-state index in [1.165, 1.54) is 12.1 Å². The summed E-state index contributed by atoms with van der Waals surface area (Å²) in [6.07, 6.45) is -5.30. The molecule has 0 radical (unpaired) electrons. The fourth-order valence-corrected chi connectivity index (χ4v) is 3.75. The number of rotatable bonds is 6. The highest BCUT2D eigenvalue weighted by Gasteiger charge is 2.43. The van der Waals surface area contributed by atoms with Gasteiger partial charge in [0.05, 0.1) is 18.1 Å². The van der Waals surface area contributed by atoms with E-state index in [0.29, 0.717) is 0 Å². The Labute approximate surface area is 158 Å². The first-order valence-electron chi connectivity index (χ1n) is 8.50. The van der Waals surface area contributed by atoms with Gasteiger partial charge in [0.2, 0.25) is 0 Å². The van der Waals surface area contributed by atoms with Gasteiger partial charge in [-0.3, -0.25) is 4.18 Å². The molecule has 2 aromatic rings. The quantitative estimate of drug-likeness (QED) is 0.713. The Balaban J connectivity index is 1.76. The first-order chi connectivity index (χ1) is 12.9. The van der Waals surface area contributed by atoms with Crippen LogP contribution in [0.1, 0.15) is 11.1 Å². The van der Waals surface area contributed by atoms with Crippen molar-refractivity contribution in [1.82, 2.24) is 0 Å². The van der Waals surface area contributed by atoms with Crippen LogP contribution in [0, 0.1) is 6.92 Å². The van der Waals surface area contributed by atoms with E-state index in [1.54, 1.807) is 12.1 Å². The third-order valence-corrected chi connectivity index (χ3v) is 5.56. The van der Waals surface area contributed by atoms with Crippen LogP contribution in [0.25, 0.3) is 0 Å². The van der Waals surface area contributed by atoms with Crippen LogP contribution in [0.15, 0.2) is 59.5 Å². The van der Waals surface area contributed by atoms with Gasteiger partial charge in [-0.1, -0.05) is 48.0 Å². The molecular weight excluding hydrogens is 372 g/mol. The van der Waals surface area contributed by atoms with Crippen molar-refractivity contribution in [3.8, 4) is 0 Å². The molecule has 0 aromatic heterocycles. The lowest BCUT2D eigenvalue weighted by Crippen LogP contribution is -2.55. The first kappa shape index (κ1) is 19.9. The minimum Gasteiger partial charge on any atom is -0.388 e. The van der Waals surface area contributed by atoms with E-state index in [1.807, 2.05) is 37.3 Å². The van der Waals surface area contributed by atoms with Gasteiger partial charge >= 0.3 is 0 Å². The van der Waals surface area contributed by atoms with Gasteiger partial charge in [-0.2, -0.15) is 8.42 Å². The molecule has 0 saturated carbocycles. The second kappa shape index (κ2) is 8.47. The molecule has 4 atom stereocenters. The fraction of sp³-hybridized carbons (Fsp3) is 0.368. The highest BCUT2D eigenvalue weighted by molar-refractivity contribution is 7.86. The van der Waals surface area contributed by atoms with Crippen LogP contribution < -0.4 is 0 Å². The number of aryl methyl sites for hydroxylation is 1. The molecule has 146 valence electrons. The van der Waals surface area contributed by atoms with E-state index in [2.05, 4.69) is 0 Å². The van der Waals surface area contributed by atoms with Crippen molar-refractivity contribution in [2.24, 2.45) is 0 Å². The van der Waals surface area contributed by atoms with Crippen molar-refractivity contribution in [2.75, 3.05) is 6.61 Å². The molecule has 1 aliphatic rings. The number of hydrogen-bond acceptors (Lipinski definition) is 7. The molecule has 27 heavy (non-hydrogen) atoms. The Hall–Kier alpha value is -1.81. The van der Waals surface area contributed by atoms with Gasteiger partial charge in [-0.05, 0) is 24.6 Å². The Bertz CT molecular complexity index is 836. The molecule has 7 nitrogen and oxygen atoms in total. The Morgan fingerprint density at radius 2 is 1.74 bits per heavy atom. The Kier molecular flexibility index (Phi) is 6.25. The summed E-state index contributed by atoms with van der Waals surface area (Å²) < 4.78 is 41.3. The summed E-state index contributed by atoms with van der Waals surface area (Å²) in [7, 11) is -4.18. The molecular formula is C19H22O7S. The summed E-state index contributed by atoms with van der Waals surface area (Å²) in [6.45, 7) is 1.78. The van der Waals surface area contributed by atoms with Crippen molar-refractivity contribution in [2.45, 2.75) is 43.0 Å². The van der Waals surface area contributed by atoms with E-state index in [4.69, 9.17) is 13.7 Å². The maximum Gasteiger partial charge on any atom is 0.297 e. The molecule has 2 aromatic carbocycles. The second-order valence-electron chi connectivity index (χ2n) is 6.38. The summed E-state index contributed by atoms with van der Waals surface area (Å²) >= 11 is 0. The average Bonchev–Trinajstić information content (AvgIpc) is 2.66. The van der Waals surface area contributed by atoms with Crippen molar-refractivity contribution in [3.63, 3.8) is 0 Å². The van der Waals surface area contributed by atoms with Gasteiger partial charge in [-0.15, -0.1) is 0 Å². The van der Waals surface area contributed by atoms with Gasteiger partial charge in [0.15, 0.2) is 12.4 Å². The van der Waals surface area contributed by atoms with Crippen LogP contribution in [0.4, 0.5) is 0 Å². The summed E-state index contributed by atoms with van der Waals surface area (Å²) in [6, 6.07) is 15.3. The van der Waals surface area contributed by atoms with Crippen LogP contribution in [0.5, 0.6) is 0 Å². The minimum atomic E-state index is -4.18. The topological polar surface area (TPSA) is 102 Å². The standard InChI is InChI=1S/C19H22O7S/c1-13-7-9-15(10-8-13)27(22,23)26-18-17(21)16(20)12-25-19(18)24-11-14-5-3-2-4-6-14/h2-10,16-21H,11-12H2,1H3/t16?,17?,18-,19?/m0/s1. The van der Waals surface area contributed by atoms with E-state index < -0.39 is 34.7 Å². The van der Waals surface area contributed by atoms with Crippen LogP contribution in [0.2, 0.25) is 0 Å². The molecule has 1 aliphatic heterocycles. The lowest BCUT2D eigenvalue weighted by atomic mass is 10.1. The molecule has 0 amide bonds. The Morgan fingerprint density at radius 1 is 1.07 bits per heavy atom. The minimum absolute atomic E-state index is 0.0535. The third-order valence-electron chi connectivity index (χ3n) is 4.23. The monoisotopic (exact) mass is 394 g/mol. The first-order valence-corrected chi connectivity index (χ1v) is 9.91. The zero-order chi connectivity index (χ0) is 19.4. The van der Waals surface area contributed by atoms with Gasteiger partial charge in [0, 0.05) is 0 Å². The van der Waals surface area contributed by atoms with Gasteiger partial charge in [0.1, 0.15) is 12.2 Å². The number of benzene rings is 2. The second-order valence-corrected chi connectivity index (χ2v) is 7.96. The molecule has 1 heterocycles. The predicted octanol–water partition coefficient (Wildman–Crippen LogP) is 1.36. The van der Waals surface area contributed by atoms with Gasteiger partial charge < -0.3 is 19.7 Å². The van der Waals surface area contributed by atoms with Crippen LogP contribution >= 0.6 is 0 Å². The summed E-state index contributed by atoms with van der Waals surface area (Å²) in [5.41, 5.74) is 1.75. The maximum atomic E-state index is 12.6. The van der Waals surface area contributed by atoms with Gasteiger partial charge in [0.25, 0.3) is 10.1 Å². The van der Waals surface area contributed by atoms with E-state index in [0.717, 1.165) is 11.1 Å². The van der Waals surface area contributed by atoms with Crippen LogP contribution in [0.3, 0.4) is 0 Å². The lowest BCUT2D eigenvalue weighted by molar-refractivity contribution is -0.266. The fourth-order valence-electron chi connectivity index (χ4n) is 2.67. The lowest BCUT2D eigenvalue weighted by Gasteiger charge is -2.37. The number of aliphatic hydroxyl groups is 2. The Morgan fingerprint density at radius 3 is 2.41 bits per heavy atom. The van der Waals surface area contributed by atoms with Gasteiger partial charge in [-0.25, -0.2) is 0 Å². The molecule has 2 N–H and O–H groups in total. The number of aliphatic hydroxyl groups excluding tert-OH is 2. The van der Waals surface area contributed by atoms with Crippen molar-refractivity contribution >= 4 is 10.1 Å². The summed E-state index contributed by atoms with van der Waals surface area (Å²) in [5, 5.41) is 20.1. The normalized spacial score (nSPS) is 26.0. The molecule has 0 bridgehead atoms. The maximum absolute atomic E-state index is 12.6. The smallest absolute Gasteiger partial charge is 0.297 e. The molecule has 3 rings (SSSR count). The van der Waals surface area contributed by atoms with Crippen molar-refractivity contribution in [3.05, 3.63) is 65.7 Å². The van der Waals surface area contributed by atoms with E-state index >= 15 is 0 Å². The molecule has 8 heteroatoms.